The first-order chi connectivity index (χ1) is 8.75. The maximum absolute atomic E-state index is 5.97. The molecule has 1 rings (SSSR count). The lowest BCUT2D eigenvalue weighted by Gasteiger charge is -2.37. The molecule has 0 saturated heterocycles. The summed E-state index contributed by atoms with van der Waals surface area (Å²) in [5, 5.41) is 0. The van der Waals surface area contributed by atoms with Gasteiger partial charge in [-0.25, -0.2) is 0 Å². The molecule has 0 fully saturated rings. The van der Waals surface area contributed by atoms with Gasteiger partial charge >= 0.3 is 0 Å². The molecule has 0 amide bonds. The Balaban J connectivity index is 2.96. The number of hydrogen-bond acceptors (Lipinski definition) is 3. The van der Waals surface area contributed by atoms with Crippen LogP contribution in [-0.4, -0.2) is 19.7 Å². The van der Waals surface area contributed by atoms with Crippen LogP contribution in [0.25, 0.3) is 0 Å². The van der Waals surface area contributed by atoms with Crippen LogP contribution in [0.4, 0.5) is 11.4 Å². The Morgan fingerprint density at radius 1 is 1.26 bits per heavy atom. The summed E-state index contributed by atoms with van der Waals surface area (Å²) in [5.41, 5.74) is 8.04. The Labute approximate surface area is 117 Å². The van der Waals surface area contributed by atoms with Gasteiger partial charge < -0.3 is 15.4 Å². The van der Waals surface area contributed by atoms with Gasteiger partial charge in [0.25, 0.3) is 0 Å². The second kappa shape index (κ2) is 6.18. The van der Waals surface area contributed by atoms with Crippen LogP contribution in [0.3, 0.4) is 0 Å². The number of benzene rings is 1. The Bertz CT molecular complexity index is 410. The van der Waals surface area contributed by atoms with E-state index in [1.165, 1.54) is 0 Å². The van der Waals surface area contributed by atoms with Crippen LogP contribution < -0.4 is 15.4 Å². The average Bonchev–Trinajstić information content (AvgIpc) is 2.32. The van der Waals surface area contributed by atoms with Gasteiger partial charge in [-0.05, 0) is 24.8 Å². The van der Waals surface area contributed by atoms with Gasteiger partial charge in [0.05, 0.1) is 6.61 Å². The SMILES string of the molecule is CCCOc1cc(N)cc(N(C)C(C)C(C)(C)C)c1. The van der Waals surface area contributed by atoms with E-state index >= 15 is 0 Å². The first kappa shape index (κ1) is 15.7. The van der Waals surface area contributed by atoms with Crippen molar-refractivity contribution >= 4 is 11.4 Å². The number of nitrogens with two attached hydrogens (primary N) is 1. The highest BCUT2D eigenvalue weighted by Gasteiger charge is 2.24. The van der Waals surface area contributed by atoms with Crippen molar-refractivity contribution in [1.29, 1.82) is 0 Å². The van der Waals surface area contributed by atoms with Crippen LogP contribution >= 0.6 is 0 Å². The zero-order valence-electron chi connectivity index (χ0n) is 13.2. The molecule has 2 N–H and O–H groups in total. The molecular weight excluding hydrogens is 236 g/mol. The molecule has 1 aromatic rings. The highest BCUT2D eigenvalue weighted by atomic mass is 16.5. The van der Waals surface area contributed by atoms with Crippen LogP contribution in [0.5, 0.6) is 5.75 Å². The molecule has 19 heavy (non-hydrogen) atoms. The Morgan fingerprint density at radius 2 is 1.89 bits per heavy atom. The van der Waals surface area contributed by atoms with E-state index in [1.54, 1.807) is 0 Å². The number of hydrogen-bond donors (Lipinski definition) is 1. The molecule has 0 aliphatic heterocycles. The van der Waals surface area contributed by atoms with Gasteiger partial charge in [-0.3, -0.25) is 0 Å². The van der Waals surface area contributed by atoms with Crippen molar-refractivity contribution in [3.8, 4) is 5.75 Å². The smallest absolute Gasteiger partial charge is 0.123 e. The minimum absolute atomic E-state index is 0.212. The van der Waals surface area contributed by atoms with Crippen molar-refractivity contribution in [2.75, 3.05) is 24.3 Å². The van der Waals surface area contributed by atoms with Gasteiger partial charge in [-0.1, -0.05) is 27.7 Å². The van der Waals surface area contributed by atoms with Crippen molar-refractivity contribution in [2.45, 2.75) is 47.1 Å². The lowest BCUT2D eigenvalue weighted by atomic mass is 9.87. The van der Waals surface area contributed by atoms with Crippen molar-refractivity contribution < 1.29 is 4.74 Å². The van der Waals surface area contributed by atoms with E-state index in [2.05, 4.69) is 52.6 Å². The van der Waals surface area contributed by atoms with E-state index in [-0.39, 0.29) is 5.41 Å². The highest BCUT2D eigenvalue weighted by molar-refractivity contribution is 5.60. The van der Waals surface area contributed by atoms with E-state index in [1.807, 2.05) is 12.1 Å². The molecule has 3 nitrogen and oxygen atoms in total. The molecule has 0 bridgehead atoms. The zero-order chi connectivity index (χ0) is 14.6. The van der Waals surface area contributed by atoms with Crippen LogP contribution in [0.2, 0.25) is 0 Å². The Morgan fingerprint density at radius 3 is 2.42 bits per heavy atom. The van der Waals surface area contributed by atoms with Gasteiger partial charge in [-0.2, -0.15) is 0 Å². The maximum atomic E-state index is 5.97. The van der Waals surface area contributed by atoms with E-state index in [4.69, 9.17) is 10.5 Å². The number of anilines is 2. The Hall–Kier alpha value is -1.38. The summed E-state index contributed by atoms with van der Waals surface area (Å²) in [6.07, 6.45) is 0.998. The van der Waals surface area contributed by atoms with E-state index in [0.29, 0.717) is 6.04 Å². The third-order valence-corrected chi connectivity index (χ3v) is 3.63. The summed E-state index contributed by atoms with van der Waals surface area (Å²) in [5.74, 6) is 0.852. The van der Waals surface area contributed by atoms with Gasteiger partial charge in [0, 0.05) is 36.6 Å². The van der Waals surface area contributed by atoms with E-state index in [0.717, 1.165) is 30.2 Å². The fourth-order valence-electron chi connectivity index (χ4n) is 1.92. The number of ether oxygens (including phenoxy) is 1. The number of rotatable bonds is 5. The van der Waals surface area contributed by atoms with Gasteiger partial charge in [-0.15, -0.1) is 0 Å². The van der Waals surface area contributed by atoms with Crippen molar-refractivity contribution in [2.24, 2.45) is 5.41 Å². The molecule has 1 unspecified atom stereocenters. The summed E-state index contributed by atoms with van der Waals surface area (Å²) >= 11 is 0. The predicted molar refractivity (Wildman–Crippen MR) is 84.0 cm³/mol. The molecule has 1 atom stereocenters. The minimum Gasteiger partial charge on any atom is -0.493 e. The molecule has 1 aromatic carbocycles. The van der Waals surface area contributed by atoms with Gasteiger partial charge in [0.1, 0.15) is 5.75 Å². The van der Waals surface area contributed by atoms with Gasteiger partial charge in [0.15, 0.2) is 0 Å². The quantitative estimate of drug-likeness (QED) is 0.819. The largest absolute Gasteiger partial charge is 0.493 e. The summed E-state index contributed by atoms with van der Waals surface area (Å²) in [4.78, 5) is 2.26. The molecule has 0 heterocycles. The second-order valence-corrected chi connectivity index (χ2v) is 6.26. The molecular formula is C16H28N2O. The molecule has 0 aliphatic carbocycles. The lowest BCUT2D eigenvalue weighted by Crippen LogP contribution is -2.39. The molecule has 108 valence electrons. The molecule has 0 saturated carbocycles. The van der Waals surface area contributed by atoms with Crippen LogP contribution in [0, 0.1) is 5.41 Å². The Kier molecular flexibility index (Phi) is 5.10. The molecule has 0 aromatic heterocycles. The summed E-state index contributed by atoms with van der Waals surface area (Å²) in [7, 11) is 2.11. The van der Waals surface area contributed by atoms with Crippen molar-refractivity contribution in [3.05, 3.63) is 18.2 Å². The summed E-state index contributed by atoms with van der Waals surface area (Å²) < 4.78 is 5.69. The topological polar surface area (TPSA) is 38.5 Å². The highest BCUT2D eigenvalue weighted by Crippen LogP contribution is 2.31. The summed E-state index contributed by atoms with van der Waals surface area (Å²) in [6, 6.07) is 6.36. The maximum Gasteiger partial charge on any atom is 0.123 e. The fraction of sp³-hybridized carbons (Fsp3) is 0.625. The molecule has 0 spiro atoms. The zero-order valence-corrected chi connectivity index (χ0v) is 13.2. The van der Waals surface area contributed by atoms with Crippen LogP contribution in [0.1, 0.15) is 41.0 Å². The average molecular weight is 264 g/mol. The number of nitrogen functional groups attached to an aromatic ring is 1. The summed E-state index contributed by atoms with van der Waals surface area (Å²) in [6.45, 7) is 11.8. The van der Waals surface area contributed by atoms with Crippen molar-refractivity contribution in [1.82, 2.24) is 0 Å². The molecule has 0 aliphatic rings. The fourth-order valence-corrected chi connectivity index (χ4v) is 1.92. The third-order valence-electron chi connectivity index (χ3n) is 3.63. The predicted octanol–water partition coefficient (Wildman–Crippen LogP) is 3.93. The first-order valence-electron chi connectivity index (χ1n) is 7.02. The van der Waals surface area contributed by atoms with Gasteiger partial charge in [0.2, 0.25) is 0 Å². The standard InChI is InChI=1S/C16H28N2O/c1-7-8-19-15-10-13(17)9-14(11-15)18(6)12(2)16(3,4)5/h9-12H,7-8,17H2,1-6H3. The van der Waals surface area contributed by atoms with Crippen LogP contribution in [-0.2, 0) is 0 Å². The first-order valence-corrected chi connectivity index (χ1v) is 7.02. The minimum atomic E-state index is 0.212. The normalized spacial score (nSPS) is 13.2. The molecule has 3 heteroatoms. The second-order valence-electron chi connectivity index (χ2n) is 6.26. The third kappa shape index (κ3) is 4.34. The van der Waals surface area contributed by atoms with Crippen LogP contribution in [0.15, 0.2) is 18.2 Å². The monoisotopic (exact) mass is 264 g/mol. The number of nitrogens with zero attached hydrogens (tertiary/aromatic N) is 1. The van der Waals surface area contributed by atoms with E-state index < -0.39 is 0 Å². The molecule has 0 radical (unpaired) electrons. The van der Waals surface area contributed by atoms with Crippen molar-refractivity contribution in [3.63, 3.8) is 0 Å². The lowest BCUT2D eigenvalue weighted by molar-refractivity contribution is 0.316. The van der Waals surface area contributed by atoms with E-state index in [9.17, 15) is 0 Å².